The van der Waals surface area contributed by atoms with Crippen molar-refractivity contribution < 1.29 is 0 Å². The lowest BCUT2D eigenvalue weighted by atomic mass is 9.78. The third-order valence-corrected chi connectivity index (χ3v) is 32.5. The first kappa shape index (κ1) is 80.1. The lowest BCUT2D eigenvalue weighted by Gasteiger charge is -2.25. The van der Waals surface area contributed by atoms with Crippen molar-refractivity contribution >= 4 is 64.6 Å². The minimum atomic E-state index is -0.0777. The summed E-state index contributed by atoms with van der Waals surface area (Å²) in [6.07, 6.45) is 0. The Labute approximate surface area is 777 Å². The highest BCUT2D eigenvalue weighted by Crippen LogP contribution is 2.65. The summed E-state index contributed by atoms with van der Waals surface area (Å²) in [7, 11) is 0. The summed E-state index contributed by atoms with van der Waals surface area (Å²) in [6.45, 7) is 42.0. The summed E-state index contributed by atoms with van der Waals surface area (Å²) in [4.78, 5) is 0. The van der Waals surface area contributed by atoms with Gasteiger partial charge in [0.15, 0.2) is 0 Å². The number of rotatable bonds is 6. The molecule has 0 fully saturated rings. The Hall–Kier alpha value is -14.0. The molecule has 132 heavy (non-hydrogen) atoms. The van der Waals surface area contributed by atoms with Gasteiger partial charge in [-0.3, -0.25) is 0 Å². The number of hydrogen-bond donors (Lipinski definition) is 0. The summed E-state index contributed by atoms with van der Waals surface area (Å²) >= 11 is 0. The van der Waals surface area contributed by atoms with Crippen LogP contribution in [0.2, 0.25) is 0 Å². The van der Waals surface area contributed by atoms with Gasteiger partial charge in [-0.1, -0.05) is 391 Å². The van der Waals surface area contributed by atoms with Gasteiger partial charge in [-0.05, 0) is 370 Å². The highest BCUT2D eigenvalue weighted by Gasteiger charge is 2.44. The molecule has 0 radical (unpaired) electrons. The van der Waals surface area contributed by atoms with E-state index in [0.29, 0.717) is 11.8 Å². The fourth-order valence-electron chi connectivity index (χ4n) is 26.2. The Morgan fingerprint density at radius 3 is 0.712 bits per heavy atom. The van der Waals surface area contributed by atoms with E-state index in [4.69, 9.17) is 0 Å². The van der Waals surface area contributed by atoms with E-state index in [1.807, 2.05) is 0 Å². The van der Waals surface area contributed by atoms with Crippen molar-refractivity contribution in [2.24, 2.45) is 0 Å². The van der Waals surface area contributed by atoms with Gasteiger partial charge in [-0.15, -0.1) is 0 Å². The van der Waals surface area contributed by atoms with Crippen LogP contribution in [-0.4, -0.2) is 0 Å². The monoisotopic (exact) mass is 1690 g/mol. The Morgan fingerprint density at radius 2 is 0.402 bits per heavy atom. The van der Waals surface area contributed by atoms with E-state index < -0.39 is 0 Å². The van der Waals surface area contributed by atoms with Gasteiger partial charge in [0.05, 0.1) is 0 Å². The van der Waals surface area contributed by atoms with E-state index in [2.05, 4.69) is 440 Å². The minimum Gasteiger partial charge on any atom is -0.0619 e. The van der Waals surface area contributed by atoms with Gasteiger partial charge in [-0.25, -0.2) is 0 Å². The molecule has 27 rings (SSSR count). The third kappa shape index (κ3) is 11.0. The van der Waals surface area contributed by atoms with E-state index in [9.17, 15) is 0 Å². The summed E-state index contributed by atoms with van der Waals surface area (Å²) in [5, 5.41) is 16.5. The van der Waals surface area contributed by atoms with Gasteiger partial charge in [-0.2, -0.15) is 0 Å². The minimum absolute atomic E-state index is 0.0771. The predicted octanol–water partition coefficient (Wildman–Crippen LogP) is 36.9. The molecule has 20 aromatic rings. The maximum absolute atomic E-state index is 2.52. The maximum Gasteiger partial charge on any atom is 0.0159 e. The van der Waals surface area contributed by atoms with E-state index >= 15 is 0 Å². The van der Waals surface area contributed by atoms with Crippen molar-refractivity contribution in [3.05, 3.63) is 404 Å². The molecule has 0 amide bonds. The fourth-order valence-corrected chi connectivity index (χ4v) is 26.2. The zero-order valence-electron chi connectivity index (χ0n) is 79.2. The molecule has 0 atom stereocenters. The van der Waals surface area contributed by atoms with Crippen LogP contribution in [0.25, 0.3) is 220 Å². The molecule has 0 spiro atoms. The van der Waals surface area contributed by atoms with E-state index in [0.717, 1.165) is 0 Å². The van der Waals surface area contributed by atoms with E-state index in [1.165, 1.54) is 309 Å². The first-order valence-electron chi connectivity index (χ1n) is 48.1. The molecular formula is C132H108. The van der Waals surface area contributed by atoms with Crippen LogP contribution < -0.4 is 0 Å². The van der Waals surface area contributed by atoms with Gasteiger partial charge in [0.2, 0.25) is 0 Å². The van der Waals surface area contributed by atoms with Crippen molar-refractivity contribution in [2.45, 2.75) is 158 Å². The van der Waals surface area contributed by atoms with Crippen LogP contribution in [0.3, 0.4) is 0 Å². The molecule has 20 aromatic carbocycles. The molecule has 0 heterocycles. The second kappa shape index (κ2) is 28.2. The zero-order chi connectivity index (χ0) is 90.3. The molecule has 0 saturated carbocycles. The Morgan fingerprint density at radius 1 is 0.167 bits per heavy atom. The second-order valence-electron chi connectivity index (χ2n) is 42.2. The molecule has 7 aliphatic rings. The summed E-state index contributed by atoms with van der Waals surface area (Å²) in [6, 6.07) is 121. The van der Waals surface area contributed by atoms with Gasteiger partial charge in [0.25, 0.3) is 0 Å². The van der Waals surface area contributed by atoms with Gasteiger partial charge < -0.3 is 0 Å². The molecule has 0 nitrogen and oxygen atoms in total. The summed E-state index contributed by atoms with van der Waals surface area (Å²) in [5.74, 6) is 0.954. The fraction of sp³-hybridized carbons (Fsp3) is 0.182. The predicted molar refractivity (Wildman–Crippen MR) is 566 cm³/mol. The molecule has 636 valence electrons. The van der Waals surface area contributed by atoms with E-state index in [-0.39, 0.29) is 21.7 Å². The van der Waals surface area contributed by atoms with Crippen molar-refractivity contribution in [1.29, 1.82) is 0 Å². The third-order valence-electron chi connectivity index (χ3n) is 32.5. The van der Waals surface area contributed by atoms with Crippen molar-refractivity contribution in [2.75, 3.05) is 0 Å². The molecule has 0 N–H and O–H groups in total. The SMILES string of the molecule is Cc1ccc2c(-c3ccc4c(c3)C(C)(C)c3ccccc3-4)c3c(c(-c4ccc5c(c4)C(C)(C)c4ccccc4-5)c2c1)-c1ccc(C)c2cccc-3c12.Cc1ccc2c(-c3ccc4c(c3)C(C)(C)c3ccccc3-4)c3c(c(-c4ccc5c(c4)C(C)(C)c4ccccc4-5)c2c1)-c1cccc2c(C)ccc-3c12.Cc1ccc2c(C(C)C)c3c(c(C(C)C)c2c1)-c1cccc2c(C)ccc-3c12. The number of fused-ring (bicyclic) bond motifs is 24. The molecular weight excluding hydrogens is 1590 g/mol. The first-order chi connectivity index (χ1) is 63.7. The average Bonchev–Trinajstić information content (AvgIpc) is 1.53. The van der Waals surface area contributed by atoms with Crippen molar-refractivity contribution in [3.63, 3.8) is 0 Å². The lowest BCUT2D eigenvalue weighted by Crippen LogP contribution is -2.15. The van der Waals surface area contributed by atoms with Crippen LogP contribution in [0, 0.1) is 41.5 Å². The molecule has 0 bridgehead atoms. The average molecular weight is 1690 g/mol. The van der Waals surface area contributed by atoms with Crippen molar-refractivity contribution in [1.82, 2.24) is 0 Å². The van der Waals surface area contributed by atoms with Gasteiger partial charge in [0.1, 0.15) is 0 Å². The van der Waals surface area contributed by atoms with E-state index in [1.54, 1.807) is 0 Å². The van der Waals surface area contributed by atoms with Crippen LogP contribution >= 0.6 is 0 Å². The molecule has 0 heteroatoms. The van der Waals surface area contributed by atoms with Crippen LogP contribution in [-0.2, 0) is 21.7 Å². The van der Waals surface area contributed by atoms with Crippen molar-refractivity contribution in [3.8, 4) is 156 Å². The van der Waals surface area contributed by atoms with Crippen LogP contribution in [0.4, 0.5) is 0 Å². The van der Waals surface area contributed by atoms with Crippen LogP contribution in [0.5, 0.6) is 0 Å². The molecule has 7 aliphatic carbocycles. The second-order valence-corrected chi connectivity index (χ2v) is 42.2. The topological polar surface area (TPSA) is 0 Å². The highest BCUT2D eigenvalue weighted by molar-refractivity contribution is 6.31. The van der Waals surface area contributed by atoms with Gasteiger partial charge >= 0.3 is 0 Å². The summed E-state index contributed by atoms with van der Waals surface area (Å²) < 4.78 is 0. The number of aryl methyl sites for hydroxylation is 6. The first-order valence-corrected chi connectivity index (χ1v) is 48.1. The number of hydrogen-bond acceptors (Lipinski definition) is 0. The largest absolute Gasteiger partial charge is 0.0619 e. The quantitative estimate of drug-likeness (QED) is 0.156. The molecule has 0 unspecified atom stereocenters. The Balaban J connectivity index is 0.000000111. The Bertz CT molecular complexity index is 8270. The van der Waals surface area contributed by atoms with Crippen LogP contribution in [0.1, 0.15) is 184 Å². The standard InChI is InChI=1S/2C52H40.C28H28/c1-29-18-22-38-41(26-29)47(32-21-25-37-35-13-8-10-17-43(35)52(5,6)45(37)28-32)49-39-15-11-14-33-30(2)19-23-40(48(33)39)50(49)46(38)31-20-24-36-34-12-7-9-16-42(34)51(3,4)44(36)27-31;1-29-18-22-38-41(26-29)47(32-21-25-37-35-13-8-10-17-43(35)52(5,6)45(37)28-32)50-40-23-19-30(2)33-14-11-15-39(48(33)40)49(50)46(38)31-20-24-36-34-12-7-9-16-42(34)51(3,4)44(36)27-31;1-15(2)24-20-12-10-17(5)14-23(20)25(16(3)4)27-21-9-7-8-19-18(6)11-13-22(26(19)21)28(24)27/h2*7-28H,1-6H3;7-16H,1-6H3. The normalized spacial score (nSPS) is 14.5. The Kier molecular flexibility index (Phi) is 17.1. The molecule has 0 saturated heterocycles. The highest BCUT2D eigenvalue weighted by atomic mass is 14.5. The molecule has 0 aliphatic heterocycles. The number of benzene rings is 20. The van der Waals surface area contributed by atoms with Gasteiger partial charge in [0, 0.05) is 21.7 Å². The summed E-state index contributed by atoms with van der Waals surface area (Å²) in [5.41, 5.74) is 60.1. The smallest absolute Gasteiger partial charge is 0.0159 e. The lowest BCUT2D eigenvalue weighted by molar-refractivity contribution is 0.660. The molecule has 0 aromatic heterocycles. The van der Waals surface area contributed by atoms with Crippen LogP contribution in [0.15, 0.2) is 315 Å². The zero-order valence-corrected chi connectivity index (χ0v) is 79.2. The maximum atomic E-state index is 2.52.